The maximum absolute atomic E-state index is 10.5. The number of esters is 1. The van der Waals surface area contributed by atoms with Crippen LogP contribution in [-0.4, -0.2) is 27.8 Å². The molecule has 0 aliphatic heterocycles. The predicted molar refractivity (Wildman–Crippen MR) is 34.9 cm³/mol. The van der Waals surface area contributed by atoms with Gasteiger partial charge in [0.1, 0.15) is 0 Å². The summed E-state index contributed by atoms with van der Waals surface area (Å²) in [6, 6.07) is 0. The minimum absolute atomic E-state index is 0. The molecule has 0 N–H and O–H groups in total. The first-order valence-electron chi connectivity index (χ1n) is 2.54. The first-order chi connectivity index (χ1) is 4.87. The van der Waals surface area contributed by atoms with E-state index in [-0.39, 0.29) is 29.6 Å². The molecule has 0 heterocycles. The fourth-order valence-electron chi connectivity index (χ4n) is 0.343. The van der Waals surface area contributed by atoms with E-state index in [0.717, 1.165) is 13.4 Å². The Morgan fingerprint density at radius 1 is 1.50 bits per heavy atom. The molecule has 0 radical (unpaired) electrons. The Balaban J connectivity index is 0. The molecule has 7 heteroatoms. The molecule has 0 aliphatic rings. The summed E-state index contributed by atoms with van der Waals surface area (Å²) >= 11 is 0. The van der Waals surface area contributed by atoms with Crippen LogP contribution in [0.4, 0.5) is 0 Å². The van der Waals surface area contributed by atoms with E-state index in [9.17, 15) is 18.3 Å². The Labute approximate surface area is 92.6 Å². The van der Waals surface area contributed by atoms with Gasteiger partial charge >= 0.3 is 35.5 Å². The van der Waals surface area contributed by atoms with Crippen LogP contribution in [-0.2, 0) is 19.4 Å². The zero-order valence-electron chi connectivity index (χ0n) is 7.03. The van der Waals surface area contributed by atoms with Gasteiger partial charge in [-0.15, -0.1) is 0 Å². The number of hydrogen-bond donors (Lipinski definition) is 0. The maximum atomic E-state index is 10.5. The summed E-state index contributed by atoms with van der Waals surface area (Å²) in [5.41, 5.74) is 0. The second-order valence-corrected chi connectivity index (χ2v) is 3.70. The first-order valence-corrected chi connectivity index (χ1v) is 4.49. The van der Waals surface area contributed by atoms with E-state index >= 15 is 0 Å². The van der Waals surface area contributed by atoms with Crippen molar-refractivity contribution in [1.82, 2.24) is 0 Å². The van der Waals surface area contributed by atoms with Crippen molar-refractivity contribution in [3.8, 4) is 0 Å². The van der Waals surface area contributed by atoms with Gasteiger partial charge in [0.05, 0.1) is 7.11 Å². The summed E-state index contributed by atoms with van der Waals surface area (Å²) < 4.78 is 24.7. The summed E-state index contributed by atoms with van der Waals surface area (Å²) in [6.07, 6.45) is 0.813. The monoisotopic (exact) mass is 202 g/mol. The Bertz CT molecular complexity index is 278. The molecule has 0 aromatic heterocycles. The van der Waals surface area contributed by atoms with Crippen LogP contribution in [0, 0.1) is 0 Å². The number of ether oxygens (including phenoxy) is 1. The number of methoxy groups -OCH3 is 1. The second-order valence-electron chi connectivity index (χ2n) is 1.80. The van der Waals surface area contributed by atoms with Gasteiger partial charge in [-0.1, -0.05) is 0 Å². The molecule has 0 saturated heterocycles. The van der Waals surface area contributed by atoms with Gasteiger partial charge in [0.2, 0.25) is 0 Å². The Morgan fingerprint density at radius 2 is 1.92 bits per heavy atom. The molecule has 0 saturated carbocycles. The van der Waals surface area contributed by atoms with Crippen LogP contribution in [0.5, 0.6) is 0 Å². The number of carbonyl (C=O) groups is 1. The molecule has 0 amide bonds. The Morgan fingerprint density at radius 3 is 2.17 bits per heavy atom. The number of hydrogen-bond acceptors (Lipinski definition) is 5. The van der Waals surface area contributed by atoms with Crippen LogP contribution in [0.2, 0.25) is 0 Å². The molecule has 0 unspecified atom stereocenters. The van der Waals surface area contributed by atoms with Gasteiger partial charge in [0.15, 0.2) is 9.84 Å². The van der Waals surface area contributed by atoms with Gasteiger partial charge in [0.25, 0.3) is 0 Å². The molecule has 0 fully saturated rings. The Hall–Kier alpha value is -0.0400. The number of sulfone groups is 1. The van der Waals surface area contributed by atoms with Gasteiger partial charge < -0.3 is 9.84 Å². The molecule has 0 aromatic rings. The van der Waals surface area contributed by atoms with Gasteiger partial charge in [-0.25, -0.2) is 13.2 Å². The zero-order valence-corrected chi connectivity index (χ0v) is 9.84. The SMILES string of the molecule is COC(=O)/C([O-])=C/S(C)(=O)=O.[Na+]. The van der Waals surface area contributed by atoms with E-state index in [1.54, 1.807) is 0 Å². The fraction of sp³-hybridized carbons (Fsp3) is 0.400. The molecule has 0 aliphatic carbocycles. The van der Waals surface area contributed by atoms with Crippen molar-refractivity contribution in [3.05, 3.63) is 11.2 Å². The van der Waals surface area contributed by atoms with Gasteiger partial charge in [-0.2, -0.15) is 0 Å². The topological polar surface area (TPSA) is 83.5 Å². The van der Waals surface area contributed by atoms with Crippen LogP contribution in [0.15, 0.2) is 11.2 Å². The number of carbonyl (C=O) groups excluding carboxylic acids is 1. The maximum Gasteiger partial charge on any atom is 1.00 e. The zero-order chi connectivity index (χ0) is 9.07. The first kappa shape index (κ1) is 14.5. The van der Waals surface area contributed by atoms with Crippen molar-refractivity contribution in [1.29, 1.82) is 0 Å². The molecule has 64 valence electrons. The standard InChI is InChI=1S/C5H8O5S.Na/c1-10-5(7)4(6)3-11(2,8)9;/h3,6H,1-2H3;/q;+1/p-1/b4-3-;. The molecular formula is C5H7NaO5S. The van der Waals surface area contributed by atoms with Crippen molar-refractivity contribution in [2.75, 3.05) is 13.4 Å². The Kier molecular flexibility index (Phi) is 6.73. The predicted octanol–water partition coefficient (Wildman–Crippen LogP) is -4.59. The van der Waals surface area contributed by atoms with Crippen molar-refractivity contribution >= 4 is 15.8 Å². The van der Waals surface area contributed by atoms with Crippen LogP contribution in [0.3, 0.4) is 0 Å². The average Bonchev–Trinajstić information content (AvgIpc) is 1.82. The van der Waals surface area contributed by atoms with Gasteiger partial charge in [-0.3, -0.25) is 0 Å². The van der Waals surface area contributed by atoms with Crippen LogP contribution >= 0.6 is 0 Å². The third-order valence-electron chi connectivity index (χ3n) is 0.708. The average molecular weight is 202 g/mol. The third kappa shape index (κ3) is 6.66. The van der Waals surface area contributed by atoms with E-state index in [4.69, 9.17) is 0 Å². The summed E-state index contributed by atoms with van der Waals surface area (Å²) in [6.45, 7) is 0. The van der Waals surface area contributed by atoms with Crippen LogP contribution < -0.4 is 34.7 Å². The molecule has 5 nitrogen and oxygen atoms in total. The fourth-order valence-corrected chi connectivity index (χ4v) is 0.828. The summed E-state index contributed by atoms with van der Waals surface area (Å²) in [5, 5.41) is 10.8. The third-order valence-corrected chi connectivity index (χ3v) is 1.35. The minimum Gasteiger partial charge on any atom is -0.867 e. The van der Waals surface area contributed by atoms with Crippen LogP contribution in [0.25, 0.3) is 0 Å². The van der Waals surface area contributed by atoms with E-state index in [1.165, 1.54) is 0 Å². The van der Waals surface area contributed by atoms with Crippen molar-refractivity contribution < 1.29 is 52.6 Å². The molecule has 0 bridgehead atoms. The summed E-state index contributed by atoms with van der Waals surface area (Å²) in [7, 11) is -2.56. The second kappa shape index (κ2) is 5.58. The summed E-state index contributed by atoms with van der Waals surface area (Å²) in [5.74, 6) is -2.36. The largest absolute Gasteiger partial charge is 1.00 e. The summed E-state index contributed by atoms with van der Waals surface area (Å²) in [4.78, 5) is 10.3. The van der Waals surface area contributed by atoms with Crippen molar-refractivity contribution in [3.63, 3.8) is 0 Å². The molecule has 0 atom stereocenters. The minimum atomic E-state index is -3.55. The molecule has 12 heavy (non-hydrogen) atoms. The van der Waals surface area contributed by atoms with Crippen molar-refractivity contribution in [2.45, 2.75) is 0 Å². The molecular weight excluding hydrogens is 195 g/mol. The molecule has 0 rings (SSSR count). The van der Waals surface area contributed by atoms with Crippen LogP contribution in [0.1, 0.15) is 0 Å². The van der Waals surface area contributed by atoms with Crippen molar-refractivity contribution in [2.24, 2.45) is 0 Å². The normalized spacial score (nSPS) is 11.7. The van der Waals surface area contributed by atoms with E-state index < -0.39 is 21.6 Å². The van der Waals surface area contributed by atoms with E-state index in [0.29, 0.717) is 5.41 Å². The molecule has 0 spiro atoms. The van der Waals surface area contributed by atoms with E-state index in [2.05, 4.69) is 4.74 Å². The molecule has 0 aromatic carbocycles. The smallest absolute Gasteiger partial charge is 0.867 e. The van der Waals surface area contributed by atoms with Gasteiger partial charge in [-0.05, 0) is 5.76 Å². The van der Waals surface area contributed by atoms with E-state index in [1.807, 2.05) is 0 Å². The quantitative estimate of drug-likeness (QED) is 0.195. The number of rotatable bonds is 2. The van der Waals surface area contributed by atoms with Gasteiger partial charge in [0, 0.05) is 11.7 Å².